The van der Waals surface area contributed by atoms with Gasteiger partial charge in [0.15, 0.2) is 17.3 Å². The van der Waals surface area contributed by atoms with Gasteiger partial charge in [-0.2, -0.15) is 0 Å². The molecular weight excluding hydrogens is 296 g/mol. The predicted octanol–water partition coefficient (Wildman–Crippen LogP) is 2.58. The molecule has 5 heteroatoms. The molecule has 3 unspecified atom stereocenters. The fourth-order valence-corrected chi connectivity index (χ4v) is 3.59. The predicted molar refractivity (Wildman–Crippen MR) is 83.4 cm³/mol. The van der Waals surface area contributed by atoms with E-state index in [-0.39, 0.29) is 23.9 Å². The molecule has 4 rings (SSSR count). The first kappa shape index (κ1) is 14.6. The number of benzene rings is 1. The van der Waals surface area contributed by atoms with Crippen molar-refractivity contribution in [2.75, 3.05) is 20.3 Å². The number of methoxy groups -OCH3 is 1. The third-order valence-electron chi connectivity index (χ3n) is 4.89. The Morgan fingerprint density at radius 3 is 2.78 bits per heavy atom. The van der Waals surface area contributed by atoms with E-state index in [1.165, 1.54) is 0 Å². The molecule has 1 saturated carbocycles. The number of Topliss-reactive ketones (excluding diaryl/α,β-unsaturated/α-hetero) is 1. The summed E-state index contributed by atoms with van der Waals surface area (Å²) >= 11 is 0. The van der Waals surface area contributed by atoms with Crippen molar-refractivity contribution in [3.05, 3.63) is 30.0 Å². The maximum absolute atomic E-state index is 12.9. The van der Waals surface area contributed by atoms with Gasteiger partial charge in [-0.15, -0.1) is 0 Å². The van der Waals surface area contributed by atoms with Gasteiger partial charge in [-0.05, 0) is 30.5 Å². The minimum absolute atomic E-state index is 0.0674. The molecule has 1 fully saturated rings. The van der Waals surface area contributed by atoms with E-state index < -0.39 is 0 Å². The normalized spacial score (nSPS) is 29.3. The summed E-state index contributed by atoms with van der Waals surface area (Å²) in [6, 6.07) is 5.61. The number of ether oxygens (including phenoxy) is 4. The van der Waals surface area contributed by atoms with E-state index in [4.69, 9.17) is 18.9 Å². The van der Waals surface area contributed by atoms with Crippen LogP contribution in [0, 0.1) is 5.92 Å². The highest BCUT2D eigenvalue weighted by molar-refractivity contribution is 6.22. The third kappa shape index (κ3) is 2.59. The summed E-state index contributed by atoms with van der Waals surface area (Å²) in [5.41, 5.74) is 1.45. The Balaban J connectivity index is 1.60. The summed E-state index contributed by atoms with van der Waals surface area (Å²) in [5, 5.41) is 0. The van der Waals surface area contributed by atoms with Crippen LogP contribution in [0.2, 0.25) is 0 Å². The summed E-state index contributed by atoms with van der Waals surface area (Å²) < 4.78 is 22.4. The average molecular weight is 316 g/mol. The quantitative estimate of drug-likeness (QED) is 0.839. The Kier molecular flexibility index (Phi) is 3.73. The maximum Gasteiger partial charge on any atom is 0.173 e. The second-order valence-electron chi connectivity index (χ2n) is 6.21. The number of fused-ring (bicyclic) bond motifs is 2. The van der Waals surface area contributed by atoms with Crippen molar-refractivity contribution in [2.24, 2.45) is 5.92 Å². The first-order chi connectivity index (χ1) is 11.3. The molecule has 0 saturated heterocycles. The van der Waals surface area contributed by atoms with E-state index in [1.807, 2.05) is 18.2 Å². The summed E-state index contributed by atoms with van der Waals surface area (Å²) in [6.45, 7) is 1.09. The molecule has 1 aromatic rings. The van der Waals surface area contributed by atoms with Crippen molar-refractivity contribution >= 4 is 11.4 Å². The molecule has 0 spiro atoms. The van der Waals surface area contributed by atoms with Crippen LogP contribution in [0.3, 0.4) is 0 Å². The van der Waals surface area contributed by atoms with E-state index in [0.29, 0.717) is 24.5 Å². The number of carbonyl (C=O) groups is 1. The van der Waals surface area contributed by atoms with Crippen molar-refractivity contribution in [3.63, 3.8) is 0 Å². The lowest BCUT2D eigenvalue weighted by molar-refractivity contribution is -0.127. The number of rotatable bonds is 2. The van der Waals surface area contributed by atoms with Gasteiger partial charge in [-0.1, -0.05) is 6.07 Å². The maximum atomic E-state index is 12.9. The van der Waals surface area contributed by atoms with Crippen LogP contribution in [0.5, 0.6) is 11.5 Å². The Bertz CT molecular complexity index is 651. The Morgan fingerprint density at radius 1 is 1.13 bits per heavy atom. The lowest BCUT2D eigenvalue weighted by atomic mass is 9.78. The van der Waals surface area contributed by atoms with Gasteiger partial charge in [-0.25, -0.2) is 0 Å². The van der Waals surface area contributed by atoms with Crippen LogP contribution in [0.15, 0.2) is 24.5 Å². The molecule has 122 valence electrons. The zero-order chi connectivity index (χ0) is 15.8. The minimum atomic E-state index is -0.0744. The first-order valence-corrected chi connectivity index (χ1v) is 8.09. The molecule has 3 atom stereocenters. The molecule has 1 aromatic carbocycles. The number of ketones is 1. The van der Waals surface area contributed by atoms with E-state index in [1.54, 1.807) is 13.4 Å². The number of hydrogen-bond acceptors (Lipinski definition) is 5. The highest BCUT2D eigenvalue weighted by Crippen LogP contribution is 2.39. The number of allylic oxidation sites excluding steroid dienone is 1. The lowest BCUT2D eigenvalue weighted by Crippen LogP contribution is -2.41. The smallest absolute Gasteiger partial charge is 0.173 e. The van der Waals surface area contributed by atoms with Gasteiger partial charge in [0.2, 0.25) is 0 Å². The molecule has 0 radical (unpaired) electrons. The molecule has 0 amide bonds. The summed E-state index contributed by atoms with van der Waals surface area (Å²) in [5.74, 6) is 1.50. The van der Waals surface area contributed by atoms with Gasteiger partial charge in [0, 0.05) is 13.5 Å². The van der Waals surface area contributed by atoms with Crippen LogP contribution >= 0.6 is 0 Å². The Hall–Kier alpha value is -2.01. The van der Waals surface area contributed by atoms with Crippen LogP contribution in [0.1, 0.15) is 24.8 Å². The van der Waals surface area contributed by atoms with Crippen molar-refractivity contribution < 1.29 is 23.7 Å². The van der Waals surface area contributed by atoms with E-state index >= 15 is 0 Å². The van der Waals surface area contributed by atoms with Gasteiger partial charge in [0.25, 0.3) is 0 Å². The molecule has 2 heterocycles. The highest BCUT2D eigenvalue weighted by atomic mass is 16.6. The number of hydrogen-bond donors (Lipinski definition) is 0. The molecular formula is C18H20O5. The topological polar surface area (TPSA) is 54.0 Å². The average Bonchev–Trinajstić information content (AvgIpc) is 2.61. The molecule has 0 bridgehead atoms. The van der Waals surface area contributed by atoms with Gasteiger partial charge in [0.1, 0.15) is 19.3 Å². The van der Waals surface area contributed by atoms with Gasteiger partial charge < -0.3 is 18.9 Å². The summed E-state index contributed by atoms with van der Waals surface area (Å²) in [7, 11) is 1.71. The van der Waals surface area contributed by atoms with E-state index in [9.17, 15) is 4.79 Å². The zero-order valence-corrected chi connectivity index (χ0v) is 13.1. The Morgan fingerprint density at radius 2 is 1.96 bits per heavy atom. The molecule has 3 aliphatic rings. The van der Waals surface area contributed by atoms with Gasteiger partial charge in [0.05, 0.1) is 23.9 Å². The first-order valence-electron chi connectivity index (χ1n) is 8.09. The molecule has 1 aliphatic carbocycles. The van der Waals surface area contributed by atoms with Gasteiger partial charge in [-0.3, -0.25) is 4.79 Å². The second-order valence-corrected chi connectivity index (χ2v) is 6.21. The molecule has 0 N–H and O–H groups in total. The molecule has 5 nitrogen and oxygen atoms in total. The fourth-order valence-electron chi connectivity index (χ4n) is 3.59. The van der Waals surface area contributed by atoms with Crippen LogP contribution in [0.25, 0.3) is 5.57 Å². The lowest BCUT2D eigenvalue weighted by Gasteiger charge is -2.37. The SMILES string of the molecule is COC1CCC2C(=O)C(c3ccc4c(c3)OCCO4)=COC2C1. The second kappa shape index (κ2) is 5.89. The van der Waals surface area contributed by atoms with E-state index in [2.05, 4.69) is 0 Å². The van der Waals surface area contributed by atoms with Crippen molar-refractivity contribution in [1.29, 1.82) is 0 Å². The molecule has 23 heavy (non-hydrogen) atoms. The molecule has 0 aromatic heterocycles. The number of carbonyl (C=O) groups excluding carboxylic acids is 1. The Labute approximate surface area is 135 Å². The highest BCUT2D eigenvalue weighted by Gasteiger charge is 2.40. The van der Waals surface area contributed by atoms with Crippen LogP contribution < -0.4 is 9.47 Å². The van der Waals surface area contributed by atoms with Crippen molar-refractivity contribution in [1.82, 2.24) is 0 Å². The summed E-state index contributed by atoms with van der Waals surface area (Å²) in [4.78, 5) is 12.9. The van der Waals surface area contributed by atoms with Crippen LogP contribution in [0.4, 0.5) is 0 Å². The zero-order valence-electron chi connectivity index (χ0n) is 13.1. The minimum Gasteiger partial charge on any atom is -0.496 e. The fraction of sp³-hybridized carbons (Fsp3) is 0.500. The largest absolute Gasteiger partial charge is 0.496 e. The molecule has 2 aliphatic heterocycles. The van der Waals surface area contributed by atoms with Crippen LogP contribution in [-0.2, 0) is 14.3 Å². The van der Waals surface area contributed by atoms with Gasteiger partial charge >= 0.3 is 0 Å². The van der Waals surface area contributed by atoms with Crippen molar-refractivity contribution in [3.8, 4) is 11.5 Å². The monoisotopic (exact) mass is 316 g/mol. The van der Waals surface area contributed by atoms with E-state index in [0.717, 1.165) is 30.6 Å². The summed E-state index contributed by atoms with van der Waals surface area (Å²) in [6.07, 6.45) is 4.21. The third-order valence-corrected chi connectivity index (χ3v) is 4.89. The van der Waals surface area contributed by atoms with Crippen molar-refractivity contribution in [2.45, 2.75) is 31.5 Å². The van der Waals surface area contributed by atoms with Crippen LogP contribution in [-0.4, -0.2) is 38.3 Å². The standard InChI is InChI=1S/C18H20O5/c1-20-12-3-4-13-16(9-12)23-10-14(18(13)19)11-2-5-15-17(8-11)22-7-6-21-15/h2,5,8,10,12-13,16H,3-4,6-7,9H2,1H3.